The summed E-state index contributed by atoms with van der Waals surface area (Å²) < 4.78 is 1.42. The zero-order valence-electron chi connectivity index (χ0n) is 12.4. The van der Waals surface area contributed by atoms with Crippen LogP contribution in [-0.2, 0) is 0 Å². The Morgan fingerprint density at radius 2 is 1.96 bits per heavy atom. The molecular weight excluding hydrogens is 326 g/mol. The van der Waals surface area contributed by atoms with E-state index in [4.69, 9.17) is 5.73 Å². The number of carbonyl (C=O) groups is 1. The number of hydrogen-bond donors (Lipinski definition) is 2. The van der Waals surface area contributed by atoms with Gasteiger partial charge in [-0.25, -0.2) is 15.2 Å². The van der Waals surface area contributed by atoms with E-state index in [2.05, 4.69) is 15.5 Å². The van der Waals surface area contributed by atoms with E-state index < -0.39 is 6.03 Å². The molecule has 0 aliphatic rings. The van der Waals surface area contributed by atoms with E-state index in [0.717, 1.165) is 4.90 Å². The average Bonchev–Trinajstić information content (AvgIpc) is 2.58. The van der Waals surface area contributed by atoms with Gasteiger partial charge in [0.15, 0.2) is 0 Å². The molecule has 0 aliphatic heterocycles. The number of hydrazone groups is 1. The number of nitrogens with one attached hydrogen (secondary N) is 1. The molecule has 24 heavy (non-hydrogen) atoms. The number of rotatable bonds is 4. The topological polar surface area (TPSA) is 102 Å². The lowest BCUT2D eigenvalue weighted by molar-refractivity contribution is 0.249. The van der Waals surface area contributed by atoms with Crippen LogP contribution < -0.4 is 16.7 Å². The predicted molar refractivity (Wildman–Crippen MR) is 92.3 cm³/mol. The molecule has 0 fully saturated rings. The van der Waals surface area contributed by atoms with Gasteiger partial charge in [0.25, 0.3) is 5.56 Å². The summed E-state index contributed by atoms with van der Waals surface area (Å²) in [4.78, 5) is 28.9. The van der Waals surface area contributed by atoms with Gasteiger partial charge < -0.3 is 5.73 Å². The van der Waals surface area contributed by atoms with Crippen molar-refractivity contribution in [3.63, 3.8) is 0 Å². The highest BCUT2D eigenvalue weighted by Crippen LogP contribution is 2.27. The number of primary amides is 1. The first kappa shape index (κ1) is 15.8. The summed E-state index contributed by atoms with van der Waals surface area (Å²) in [6.45, 7) is 0. The quantitative estimate of drug-likeness (QED) is 0.430. The predicted octanol–water partition coefficient (Wildman–Crippen LogP) is 1.85. The van der Waals surface area contributed by atoms with E-state index >= 15 is 0 Å². The molecule has 120 valence electrons. The molecule has 2 aromatic heterocycles. The van der Waals surface area contributed by atoms with Crippen LogP contribution in [0.5, 0.6) is 0 Å². The van der Waals surface area contributed by atoms with Gasteiger partial charge in [0.1, 0.15) is 10.7 Å². The minimum atomic E-state index is -0.808. The van der Waals surface area contributed by atoms with Gasteiger partial charge in [-0.15, -0.1) is 0 Å². The first-order valence-electron chi connectivity index (χ1n) is 6.98. The molecule has 3 N–H and O–H groups in total. The Bertz CT molecular complexity index is 969. The van der Waals surface area contributed by atoms with Crippen molar-refractivity contribution in [3.8, 4) is 0 Å². The van der Waals surface area contributed by atoms with Crippen molar-refractivity contribution >= 4 is 29.7 Å². The zero-order valence-corrected chi connectivity index (χ0v) is 13.2. The number of nitrogens with two attached hydrogens (primary N) is 1. The molecule has 8 heteroatoms. The van der Waals surface area contributed by atoms with Gasteiger partial charge in [-0.1, -0.05) is 36.0 Å². The number of nitrogens with zero attached hydrogens (tertiary/aromatic N) is 3. The van der Waals surface area contributed by atoms with Crippen molar-refractivity contribution in [2.75, 3.05) is 0 Å². The van der Waals surface area contributed by atoms with E-state index in [0.29, 0.717) is 10.7 Å². The Kier molecular flexibility index (Phi) is 4.57. The minimum absolute atomic E-state index is 0.265. The van der Waals surface area contributed by atoms with Crippen LogP contribution in [0.1, 0.15) is 5.56 Å². The lowest BCUT2D eigenvalue weighted by Crippen LogP contribution is -2.26. The summed E-state index contributed by atoms with van der Waals surface area (Å²) in [5, 5.41) is 4.19. The van der Waals surface area contributed by atoms with Gasteiger partial charge in [-0.2, -0.15) is 5.10 Å². The van der Waals surface area contributed by atoms with Crippen LogP contribution >= 0.6 is 11.8 Å². The van der Waals surface area contributed by atoms with E-state index in [1.54, 1.807) is 24.4 Å². The third kappa shape index (κ3) is 3.44. The SMILES string of the molecule is NC(=O)N/N=C/c1c(Sc2ccccc2)nc2ccccn2c1=O. The molecule has 0 unspecified atom stereocenters. The Labute approximate surface area is 141 Å². The molecule has 7 nitrogen and oxygen atoms in total. The largest absolute Gasteiger partial charge is 0.350 e. The first-order chi connectivity index (χ1) is 11.6. The molecule has 2 amide bonds. The number of aromatic nitrogens is 2. The molecule has 0 spiro atoms. The number of fused-ring (bicyclic) bond motifs is 1. The van der Waals surface area contributed by atoms with Crippen molar-refractivity contribution in [2.24, 2.45) is 10.8 Å². The highest BCUT2D eigenvalue weighted by molar-refractivity contribution is 7.99. The van der Waals surface area contributed by atoms with Crippen molar-refractivity contribution in [3.05, 3.63) is 70.6 Å². The van der Waals surface area contributed by atoms with E-state index in [9.17, 15) is 9.59 Å². The smallest absolute Gasteiger partial charge is 0.332 e. The molecule has 0 saturated carbocycles. The molecule has 0 aliphatic carbocycles. The fourth-order valence-corrected chi connectivity index (χ4v) is 2.94. The summed E-state index contributed by atoms with van der Waals surface area (Å²) in [5.74, 6) is 0. The van der Waals surface area contributed by atoms with Crippen LogP contribution in [0.25, 0.3) is 5.65 Å². The second-order valence-electron chi connectivity index (χ2n) is 4.71. The fraction of sp³-hybridized carbons (Fsp3) is 0. The third-order valence-corrected chi connectivity index (χ3v) is 4.07. The maximum absolute atomic E-state index is 12.7. The number of amides is 2. The molecule has 0 radical (unpaired) electrons. The second kappa shape index (κ2) is 6.97. The van der Waals surface area contributed by atoms with E-state index in [-0.39, 0.29) is 11.1 Å². The molecule has 0 bridgehead atoms. The van der Waals surface area contributed by atoms with Crippen LogP contribution in [-0.4, -0.2) is 21.6 Å². The highest BCUT2D eigenvalue weighted by atomic mass is 32.2. The fourth-order valence-electron chi connectivity index (χ4n) is 2.03. The number of hydrogen-bond acceptors (Lipinski definition) is 5. The number of urea groups is 1. The van der Waals surface area contributed by atoms with Gasteiger partial charge in [0, 0.05) is 11.1 Å². The van der Waals surface area contributed by atoms with Crippen LogP contribution in [0.15, 0.2) is 74.5 Å². The third-order valence-electron chi connectivity index (χ3n) is 3.06. The molecule has 3 rings (SSSR count). The van der Waals surface area contributed by atoms with Crippen molar-refractivity contribution < 1.29 is 4.79 Å². The zero-order chi connectivity index (χ0) is 16.9. The number of carbonyl (C=O) groups excluding carboxylic acids is 1. The Hall–Kier alpha value is -3.13. The van der Waals surface area contributed by atoms with Crippen LogP contribution in [0.4, 0.5) is 4.79 Å². The maximum Gasteiger partial charge on any atom is 0.332 e. The van der Waals surface area contributed by atoms with Gasteiger partial charge in [0.2, 0.25) is 0 Å². The Morgan fingerprint density at radius 3 is 2.71 bits per heavy atom. The summed E-state index contributed by atoms with van der Waals surface area (Å²) in [6, 6.07) is 14.0. The van der Waals surface area contributed by atoms with Gasteiger partial charge in [-0.3, -0.25) is 9.20 Å². The Morgan fingerprint density at radius 1 is 1.21 bits per heavy atom. The maximum atomic E-state index is 12.7. The van der Waals surface area contributed by atoms with Gasteiger partial charge in [-0.05, 0) is 24.3 Å². The van der Waals surface area contributed by atoms with Crippen LogP contribution in [0, 0.1) is 0 Å². The second-order valence-corrected chi connectivity index (χ2v) is 5.78. The number of pyridine rings is 1. The molecule has 2 heterocycles. The molecular formula is C16H13N5O2S. The first-order valence-corrected chi connectivity index (χ1v) is 7.79. The van der Waals surface area contributed by atoms with E-state index in [1.807, 2.05) is 30.3 Å². The minimum Gasteiger partial charge on any atom is -0.350 e. The van der Waals surface area contributed by atoms with Crippen molar-refractivity contribution in [1.82, 2.24) is 14.8 Å². The van der Waals surface area contributed by atoms with Crippen LogP contribution in [0.3, 0.4) is 0 Å². The molecule has 3 aromatic rings. The monoisotopic (exact) mass is 339 g/mol. The average molecular weight is 339 g/mol. The lowest BCUT2D eigenvalue weighted by atomic mass is 10.3. The van der Waals surface area contributed by atoms with Gasteiger partial charge in [0.05, 0.1) is 11.8 Å². The summed E-state index contributed by atoms with van der Waals surface area (Å²) in [6.07, 6.45) is 2.88. The lowest BCUT2D eigenvalue weighted by Gasteiger charge is -2.07. The summed E-state index contributed by atoms with van der Waals surface area (Å²) in [5.41, 5.74) is 7.57. The van der Waals surface area contributed by atoms with Crippen molar-refractivity contribution in [1.29, 1.82) is 0 Å². The summed E-state index contributed by atoms with van der Waals surface area (Å²) >= 11 is 1.34. The van der Waals surface area contributed by atoms with Crippen LogP contribution in [0.2, 0.25) is 0 Å². The molecule has 0 atom stereocenters. The molecule has 0 saturated heterocycles. The highest BCUT2D eigenvalue weighted by Gasteiger charge is 2.12. The number of benzene rings is 1. The van der Waals surface area contributed by atoms with E-state index in [1.165, 1.54) is 22.4 Å². The standard InChI is InChI=1S/C16H13N5O2S/c17-16(23)20-18-10-12-14(24-11-6-2-1-3-7-11)19-13-8-4-5-9-21(13)15(12)22/h1-10H,(H3,17,20,23)/b18-10+. The van der Waals surface area contributed by atoms with Gasteiger partial charge >= 0.3 is 6.03 Å². The van der Waals surface area contributed by atoms with Crippen molar-refractivity contribution in [2.45, 2.75) is 9.92 Å². The molecule has 1 aromatic carbocycles. The Balaban J connectivity index is 2.12. The summed E-state index contributed by atoms with van der Waals surface area (Å²) in [7, 11) is 0. The normalized spacial score (nSPS) is 11.0.